The summed E-state index contributed by atoms with van der Waals surface area (Å²) in [5.74, 6) is 0.375. The number of amides is 2. The van der Waals surface area contributed by atoms with Gasteiger partial charge >= 0.3 is 12.2 Å². The van der Waals surface area contributed by atoms with Gasteiger partial charge < -0.3 is 10.2 Å². The van der Waals surface area contributed by atoms with Crippen LogP contribution in [0.1, 0.15) is 44.4 Å². The summed E-state index contributed by atoms with van der Waals surface area (Å²) in [6.45, 7) is 6.36. The number of carbonyl (C=O) groups is 1. The van der Waals surface area contributed by atoms with Gasteiger partial charge in [-0.25, -0.2) is 4.79 Å². The number of nitrogens with one attached hydrogen (secondary N) is 1. The van der Waals surface area contributed by atoms with Crippen molar-refractivity contribution in [1.82, 2.24) is 10.2 Å². The molecule has 0 fully saturated rings. The molecular weight excluding hydrogens is 293 g/mol. The van der Waals surface area contributed by atoms with Crippen LogP contribution in [0.4, 0.5) is 18.0 Å². The number of hydrogen-bond donors (Lipinski definition) is 1. The van der Waals surface area contributed by atoms with E-state index in [0.29, 0.717) is 18.0 Å². The van der Waals surface area contributed by atoms with Gasteiger partial charge in [-0.3, -0.25) is 0 Å². The van der Waals surface area contributed by atoms with Crippen LogP contribution in [-0.2, 0) is 6.18 Å². The summed E-state index contributed by atoms with van der Waals surface area (Å²) in [5, 5.41) is 2.72. The van der Waals surface area contributed by atoms with Gasteiger partial charge in [0.25, 0.3) is 0 Å². The maximum atomic E-state index is 12.7. The first-order valence-corrected chi connectivity index (χ1v) is 7.34. The average Bonchev–Trinajstić information content (AvgIpc) is 2.46. The minimum atomic E-state index is -4.38. The fraction of sp³-hybridized carbons (Fsp3) is 0.562. The van der Waals surface area contributed by atoms with Crippen LogP contribution in [0.3, 0.4) is 0 Å². The van der Waals surface area contributed by atoms with Crippen molar-refractivity contribution in [2.75, 3.05) is 13.6 Å². The number of hydrogen-bond acceptors (Lipinski definition) is 1. The predicted molar refractivity (Wildman–Crippen MR) is 80.5 cm³/mol. The highest BCUT2D eigenvalue weighted by Crippen LogP contribution is 2.30. The number of urea groups is 1. The number of benzene rings is 1. The summed E-state index contributed by atoms with van der Waals surface area (Å²) in [4.78, 5) is 13.6. The van der Waals surface area contributed by atoms with Crippen molar-refractivity contribution < 1.29 is 18.0 Å². The molecule has 0 aliphatic rings. The number of alkyl halides is 3. The Labute approximate surface area is 129 Å². The van der Waals surface area contributed by atoms with Crippen LogP contribution >= 0.6 is 0 Å². The molecule has 2 amide bonds. The van der Waals surface area contributed by atoms with Gasteiger partial charge in [-0.2, -0.15) is 13.2 Å². The van der Waals surface area contributed by atoms with Gasteiger partial charge in [-0.1, -0.05) is 32.4 Å². The van der Waals surface area contributed by atoms with Gasteiger partial charge in [-0.05, 0) is 30.5 Å². The van der Waals surface area contributed by atoms with E-state index < -0.39 is 17.8 Å². The molecule has 1 aromatic carbocycles. The zero-order chi connectivity index (χ0) is 16.9. The van der Waals surface area contributed by atoms with E-state index in [0.717, 1.165) is 18.6 Å². The summed E-state index contributed by atoms with van der Waals surface area (Å²) in [6.07, 6.45) is -3.42. The average molecular weight is 316 g/mol. The van der Waals surface area contributed by atoms with Crippen LogP contribution in [0.2, 0.25) is 0 Å². The summed E-state index contributed by atoms with van der Waals surface area (Å²) < 4.78 is 38.1. The molecule has 2 unspecified atom stereocenters. The normalized spacial score (nSPS) is 14.3. The molecule has 2 atom stereocenters. The molecule has 0 heterocycles. The minimum Gasteiger partial charge on any atom is -0.331 e. The topological polar surface area (TPSA) is 32.3 Å². The predicted octanol–water partition coefficient (Wildman–Crippen LogP) is 4.45. The molecule has 0 aromatic heterocycles. The number of halogens is 3. The first kappa shape index (κ1) is 18.3. The third-order valence-electron chi connectivity index (χ3n) is 3.68. The molecule has 1 N–H and O–H groups in total. The zero-order valence-corrected chi connectivity index (χ0v) is 13.4. The largest absolute Gasteiger partial charge is 0.416 e. The second-order valence-corrected chi connectivity index (χ2v) is 5.69. The van der Waals surface area contributed by atoms with Crippen LogP contribution in [0.15, 0.2) is 24.3 Å². The molecule has 22 heavy (non-hydrogen) atoms. The highest BCUT2D eigenvalue weighted by Gasteiger charge is 2.30. The Morgan fingerprint density at radius 2 is 1.95 bits per heavy atom. The van der Waals surface area contributed by atoms with Crippen LogP contribution in [-0.4, -0.2) is 24.5 Å². The maximum absolute atomic E-state index is 12.7. The summed E-state index contributed by atoms with van der Waals surface area (Å²) in [6, 6.07) is 4.24. The van der Waals surface area contributed by atoms with Crippen molar-refractivity contribution in [3.8, 4) is 0 Å². The van der Waals surface area contributed by atoms with E-state index >= 15 is 0 Å². The van der Waals surface area contributed by atoms with Crippen LogP contribution < -0.4 is 5.32 Å². The van der Waals surface area contributed by atoms with Gasteiger partial charge in [0, 0.05) is 13.6 Å². The van der Waals surface area contributed by atoms with E-state index in [1.165, 1.54) is 6.07 Å². The molecule has 1 aromatic rings. The van der Waals surface area contributed by atoms with E-state index in [1.807, 2.05) is 13.8 Å². The van der Waals surface area contributed by atoms with Crippen LogP contribution in [0.25, 0.3) is 0 Å². The van der Waals surface area contributed by atoms with Gasteiger partial charge in [0.1, 0.15) is 0 Å². The van der Waals surface area contributed by atoms with Crippen molar-refractivity contribution >= 4 is 6.03 Å². The lowest BCUT2D eigenvalue weighted by Gasteiger charge is -2.24. The fourth-order valence-corrected chi connectivity index (χ4v) is 2.04. The number of carbonyl (C=O) groups excluding carboxylic acids is 1. The Morgan fingerprint density at radius 1 is 1.32 bits per heavy atom. The Balaban J connectivity index is 2.72. The summed E-state index contributed by atoms with van der Waals surface area (Å²) in [7, 11) is 1.68. The van der Waals surface area contributed by atoms with E-state index in [9.17, 15) is 18.0 Å². The molecule has 0 spiro atoms. The molecule has 0 saturated heterocycles. The smallest absolute Gasteiger partial charge is 0.331 e. The zero-order valence-electron chi connectivity index (χ0n) is 13.4. The Morgan fingerprint density at radius 3 is 2.50 bits per heavy atom. The van der Waals surface area contributed by atoms with Crippen molar-refractivity contribution in [3.63, 3.8) is 0 Å². The standard InChI is InChI=1S/C16H23F3N2O/c1-5-11(2)10-21(4)15(22)20-12(3)13-7-6-8-14(9-13)16(17,18)19/h6-9,11-12H,5,10H2,1-4H3,(H,20,22). The third-order valence-corrected chi connectivity index (χ3v) is 3.68. The second kappa shape index (κ2) is 7.51. The van der Waals surface area contributed by atoms with Crippen LogP contribution in [0, 0.1) is 5.92 Å². The molecule has 6 heteroatoms. The van der Waals surface area contributed by atoms with Gasteiger partial charge in [0.05, 0.1) is 11.6 Å². The summed E-state index contributed by atoms with van der Waals surface area (Å²) in [5.41, 5.74) is -0.279. The number of nitrogens with zero attached hydrogens (tertiary/aromatic N) is 1. The van der Waals surface area contributed by atoms with E-state index in [4.69, 9.17) is 0 Å². The summed E-state index contributed by atoms with van der Waals surface area (Å²) >= 11 is 0. The molecule has 1 rings (SSSR count). The molecule has 0 aliphatic heterocycles. The first-order chi connectivity index (χ1) is 10.1. The molecule has 0 aliphatic carbocycles. The third kappa shape index (κ3) is 5.24. The fourth-order valence-electron chi connectivity index (χ4n) is 2.04. The SMILES string of the molecule is CCC(C)CN(C)C(=O)NC(C)c1cccc(C(F)(F)F)c1. The molecule has 124 valence electrons. The van der Waals surface area contributed by atoms with E-state index in [1.54, 1.807) is 24.9 Å². The lowest BCUT2D eigenvalue weighted by molar-refractivity contribution is -0.137. The van der Waals surface area contributed by atoms with Gasteiger partial charge in [0.15, 0.2) is 0 Å². The molecular formula is C16H23F3N2O. The van der Waals surface area contributed by atoms with Crippen molar-refractivity contribution in [2.45, 2.75) is 39.4 Å². The highest BCUT2D eigenvalue weighted by atomic mass is 19.4. The Hall–Kier alpha value is -1.72. The second-order valence-electron chi connectivity index (χ2n) is 5.69. The van der Waals surface area contributed by atoms with Crippen molar-refractivity contribution in [1.29, 1.82) is 0 Å². The highest BCUT2D eigenvalue weighted by molar-refractivity contribution is 5.74. The molecule has 0 bridgehead atoms. The van der Waals surface area contributed by atoms with Crippen LogP contribution in [0.5, 0.6) is 0 Å². The van der Waals surface area contributed by atoms with Crippen molar-refractivity contribution in [2.24, 2.45) is 5.92 Å². The quantitative estimate of drug-likeness (QED) is 0.855. The Kier molecular flexibility index (Phi) is 6.26. The van der Waals surface area contributed by atoms with Crippen molar-refractivity contribution in [3.05, 3.63) is 35.4 Å². The maximum Gasteiger partial charge on any atom is 0.416 e. The van der Waals surface area contributed by atoms with Gasteiger partial charge in [-0.15, -0.1) is 0 Å². The number of rotatable bonds is 5. The van der Waals surface area contributed by atoms with E-state index in [2.05, 4.69) is 5.32 Å². The monoisotopic (exact) mass is 316 g/mol. The van der Waals surface area contributed by atoms with E-state index in [-0.39, 0.29) is 6.03 Å². The minimum absolute atomic E-state index is 0.287. The molecule has 3 nitrogen and oxygen atoms in total. The molecule has 0 radical (unpaired) electrons. The van der Waals surface area contributed by atoms with Gasteiger partial charge in [0.2, 0.25) is 0 Å². The first-order valence-electron chi connectivity index (χ1n) is 7.34. The molecule has 0 saturated carbocycles. The Bertz CT molecular complexity index is 502. The lowest BCUT2D eigenvalue weighted by atomic mass is 10.0. The lowest BCUT2D eigenvalue weighted by Crippen LogP contribution is -2.40.